The summed E-state index contributed by atoms with van der Waals surface area (Å²) in [5, 5.41) is 4.16. The third kappa shape index (κ3) is 4.58. The normalized spacial score (nSPS) is 10.9. The molecule has 146 valence electrons. The number of benzene rings is 2. The third-order valence-electron chi connectivity index (χ3n) is 4.56. The lowest BCUT2D eigenvalue weighted by Crippen LogP contribution is -2.11. The second-order valence-corrected chi connectivity index (χ2v) is 8.39. The van der Waals surface area contributed by atoms with Crippen molar-refractivity contribution in [2.45, 2.75) is 20.3 Å². The maximum Gasteiger partial charge on any atom is 0.261 e. The molecule has 0 saturated heterocycles. The standard InChI is InChI=1S/C23H19ClN2O2S/c1-14-3-7-17(8-4-14)21-12-20(15(2)28-21)22(27)26-23-25-13-19(29-23)11-16-5-9-18(24)10-6-16/h3-10,12-13H,11H2,1-2H3,(H,25,26,27). The number of nitrogens with zero attached hydrogens (tertiary/aromatic N) is 1. The number of halogens is 1. The van der Waals surface area contributed by atoms with Crippen LogP contribution in [0, 0.1) is 13.8 Å². The van der Waals surface area contributed by atoms with Crippen molar-refractivity contribution in [3.8, 4) is 11.3 Å². The summed E-state index contributed by atoms with van der Waals surface area (Å²) in [4.78, 5) is 18.1. The van der Waals surface area contributed by atoms with E-state index in [9.17, 15) is 4.79 Å². The van der Waals surface area contributed by atoms with Crippen LogP contribution in [-0.2, 0) is 6.42 Å². The topological polar surface area (TPSA) is 55.1 Å². The van der Waals surface area contributed by atoms with Gasteiger partial charge in [-0.25, -0.2) is 4.98 Å². The molecule has 6 heteroatoms. The number of furan rings is 1. The van der Waals surface area contributed by atoms with Crippen molar-refractivity contribution in [3.05, 3.63) is 93.1 Å². The number of carbonyl (C=O) groups excluding carboxylic acids is 1. The number of aromatic nitrogens is 1. The number of anilines is 1. The molecule has 4 rings (SSSR count). The maximum absolute atomic E-state index is 12.7. The number of thiazole rings is 1. The molecule has 4 nitrogen and oxygen atoms in total. The predicted octanol–water partition coefficient (Wildman–Crippen LogP) is 6.52. The molecule has 4 aromatic rings. The highest BCUT2D eigenvalue weighted by Crippen LogP contribution is 2.27. The minimum atomic E-state index is -0.225. The molecule has 29 heavy (non-hydrogen) atoms. The molecular formula is C23H19ClN2O2S. The van der Waals surface area contributed by atoms with Crippen LogP contribution in [-0.4, -0.2) is 10.9 Å². The fourth-order valence-corrected chi connectivity index (χ4v) is 3.95. The highest BCUT2D eigenvalue weighted by Gasteiger charge is 2.17. The molecule has 2 heterocycles. The molecule has 0 aliphatic rings. The Bertz CT molecular complexity index is 1140. The number of rotatable bonds is 5. The van der Waals surface area contributed by atoms with E-state index in [-0.39, 0.29) is 5.91 Å². The van der Waals surface area contributed by atoms with Gasteiger partial charge in [0, 0.05) is 28.1 Å². The lowest BCUT2D eigenvalue weighted by Gasteiger charge is -2.00. The van der Waals surface area contributed by atoms with E-state index in [1.165, 1.54) is 16.9 Å². The van der Waals surface area contributed by atoms with Gasteiger partial charge in [0.05, 0.1) is 5.56 Å². The SMILES string of the molecule is Cc1ccc(-c2cc(C(=O)Nc3ncc(Cc4ccc(Cl)cc4)s3)c(C)o2)cc1. The molecule has 0 aliphatic heterocycles. The quantitative estimate of drug-likeness (QED) is 0.398. The van der Waals surface area contributed by atoms with Crippen molar-refractivity contribution >= 4 is 34.0 Å². The summed E-state index contributed by atoms with van der Waals surface area (Å²) in [6.07, 6.45) is 2.53. The second-order valence-electron chi connectivity index (χ2n) is 6.84. The molecular weight excluding hydrogens is 404 g/mol. The number of aryl methyl sites for hydroxylation is 2. The van der Waals surface area contributed by atoms with Gasteiger partial charge in [-0.15, -0.1) is 11.3 Å². The molecule has 0 bridgehead atoms. The van der Waals surface area contributed by atoms with Crippen LogP contribution < -0.4 is 5.32 Å². The van der Waals surface area contributed by atoms with Crippen molar-refractivity contribution in [1.82, 2.24) is 4.98 Å². The van der Waals surface area contributed by atoms with E-state index in [0.29, 0.717) is 27.2 Å². The fourth-order valence-electron chi connectivity index (χ4n) is 2.98. The first-order valence-electron chi connectivity index (χ1n) is 9.16. The molecule has 0 atom stereocenters. The van der Waals surface area contributed by atoms with Gasteiger partial charge in [0.1, 0.15) is 11.5 Å². The van der Waals surface area contributed by atoms with Crippen molar-refractivity contribution in [3.63, 3.8) is 0 Å². The Hall–Kier alpha value is -2.89. The van der Waals surface area contributed by atoms with Gasteiger partial charge >= 0.3 is 0 Å². The zero-order valence-electron chi connectivity index (χ0n) is 16.0. The molecule has 0 saturated carbocycles. The number of amides is 1. The van der Waals surface area contributed by atoms with E-state index in [4.69, 9.17) is 16.0 Å². The highest BCUT2D eigenvalue weighted by atomic mass is 35.5. The van der Waals surface area contributed by atoms with Crippen LogP contribution in [0.5, 0.6) is 0 Å². The van der Waals surface area contributed by atoms with Crippen molar-refractivity contribution < 1.29 is 9.21 Å². The smallest absolute Gasteiger partial charge is 0.261 e. The van der Waals surface area contributed by atoms with Gasteiger partial charge in [0.25, 0.3) is 5.91 Å². The van der Waals surface area contributed by atoms with Gasteiger partial charge in [-0.3, -0.25) is 10.1 Å². The van der Waals surface area contributed by atoms with Crippen LogP contribution in [0.1, 0.15) is 32.1 Å². The van der Waals surface area contributed by atoms with E-state index in [2.05, 4.69) is 10.3 Å². The first-order valence-corrected chi connectivity index (χ1v) is 10.4. The molecule has 0 aliphatic carbocycles. The summed E-state index contributed by atoms with van der Waals surface area (Å²) in [6.45, 7) is 3.83. The van der Waals surface area contributed by atoms with Crippen molar-refractivity contribution in [2.24, 2.45) is 0 Å². The van der Waals surface area contributed by atoms with Crippen LogP contribution in [0.4, 0.5) is 5.13 Å². The molecule has 0 unspecified atom stereocenters. The Morgan fingerprint density at radius 2 is 1.83 bits per heavy atom. The lowest BCUT2D eigenvalue weighted by molar-refractivity contribution is 0.102. The molecule has 0 radical (unpaired) electrons. The summed E-state index contributed by atoms with van der Waals surface area (Å²) >= 11 is 7.39. The third-order valence-corrected chi connectivity index (χ3v) is 5.73. The maximum atomic E-state index is 12.7. The van der Waals surface area contributed by atoms with Crippen LogP contribution in [0.15, 0.2) is 65.2 Å². The van der Waals surface area contributed by atoms with Crippen LogP contribution in [0.3, 0.4) is 0 Å². The highest BCUT2D eigenvalue weighted by molar-refractivity contribution is 7.15. The Morgan fingerprint density at radius 1 is 1.10 bits per heavy atom. The molecule has 0 fully saturated rings. The minimum Gasteiger partial charge on any atom is -0.461 e. The predicted molar refractivity (Wildman–Crippen MR) is 118 cm³/mol. The second kappa shape index (κ2) is 8.23. The van der Waals surface area contributed by atoms with E-state index in [0.717, 1.165) is 22.4 Å². The molecule has 2 aromatic carbocycles. The van der Waals surface area contributed by atoms with E-state index in [1.54, 1.807) is 19.2 Å². The number of hydrogen-bond donors (Lipinski definition) is 1. The van der Waals surface area contributed by atoms with E-state index < -0.39 is 0 Å². The molecule has 1 amide bonds. The van der Waals surface area contributed by atoms with Crippen LogP contribution in [0.2, 0.25) is 5.02 Å². The van der Waals surface area contributed by atoms with Gasteiger partial charge in [0.2, 0.25) is 0 Å². The number of nitrogens with one attached hydrogen (secondary N) is 1. The Kier molecular flexibility index (Phi) is 5.51. The zero-order valence-corrected chi connectivity index (χ0v) is 17.6. The van der Waals surface area contributed by atoms with E-state index >= 15 is 0 Å². The summed E-state index contributed by atoms with van der Waals surface area (Å²) in [6, 6.07) is 17.5. The molecule has 1 N–H and O–H groups in total. The summed E-state index contributed by atoms with van der Waals surface area (Å²) in [5.41, 5.74) is 3.77. The average Bonchev–Trinajstić information content (AvgIpc) is 3.30. The molecule has 0 spiro atoms. The van der Waals surface area contributed by atoms with Crippen molar-refractivity contribution in [2.75, 3.05) is 5.32 Å². The van der Waals surface area contributed by atoms with Gasteiger partial charge in [-0.1, -0.05) is 53.6 Å². The van der Waals surface area contributed by atoms with Crippen molar-refractivity contribution in [1.29, 1.82) is 0 Å². The largest absolute Gasteiger partial charge is 0.461 e. The van der Waals surface area contributed by atoms with Crippen LogP contribution in [0.25, 0.3) is 11.3 Å². The first kappa shape index (κ1) is 19.4. The monoisotopic (exact) mass is 422 g/mol. The average molecular weight is 423 g/mol. The number of carbonyl (C=O) groups is 1. The zero-order chi connectivity index (χ0) is 20.4. The first-order chi connectivity index (χ1) is 14.0. The summed E-state index contributed by atoms with van der Waals surface area (Å²) in [7, 11) is 0. The van der Waals surface area contributed by atoms with Gasteiger partial charge in [-0.2, -0.15) is 0 Å². The Morgan fingerprint density at radius 3 is 2.55 bits per heavy atom. The number of hydrogen-bond acceptors (Lipinski definition) is 4. The summed E-state index contributed by atoms with van der Waals surface area (Å²) < 4.78 is 5.80. The van der Waals surface area contributed by atoms with Crippen LogP contribution >= 0.6 is 22.9 Å². The Balaban J connectivity index is 1.46. The minimum absolute atomic E-state index is 0.225. The van der Waals surface area contributed by atoms with Gasteiger partial charge in [-0.05, 0) is 37.6 Å². The fraction of sp³-hybridized carbons (Fsp3) is 0.130. The lowest BCUT2D eigenvalue weighted by atomic mass is 10.1. The van der Waals surface area contributed by atoms with E-state index in [1.807, 2.05) is 55.5 Å². The van der Waals surface area contributed by atoms with Gasteiger partial charge < -0.3 is 4.42 Å². The van der Waals surface area contributed by atoms with Gasteiger partial charge in [0.15, 0.2) is 5.13 Å². The Labute approximate surface area is 178 Å². The summed E-state index contributed by atoms with van der Waals surface area (Å²) in [5.74, 6) is 1.03. The molecule has 2 aromatic heterocycles.